The number of amides is 1. The second-order valence-corrected chi connectivity index (χ2v) is 6.71. The molecule has 0 radical (unpaired) electrons. The largest absolute Gasteiger partial charge is 0.288 e. The standard InChI is InChI=1S/C21H13F2N3O2S/c1-13(27)26(19-8-7-16(22)10-18(19)23)21-25-17(12-29-21)9-15(11-24)20(28)14-5-3-2-4-6-14/h2-10,12H,1H3/b15-9+. The molecule has 0 spiro atoms. The normalized spacial score (nSPS) is 11.0. The van der Waals surface area contributed by atoms with Crippen LogP contribution in [0.2, 0.25) is 0 Å². The number of nitriles is 1. The molecule has 0 saturated carbocycles. The number of carbonyl (C=O) groups is 2. The Morgan fingerprint density at radius 3 is 2.52 bits per heavy atom. The van der Waals surface area contributed by atoms with Crippen molar-refractivity contribution in [2.75, 3.05) is 4.90 Å². The van der Waals surface area contributed by atoms with E-state index in [1.54, 1.807) is 30.3 Å². The molecule has 1 heterocycles. The van der Waals surface area contributed by atoms with Crippen LogP contribution in [0.3, 0.4) is 0 Å². The number of ketones is 1. The van der Waals surface area contributed by atoms with Gasteiger partial charge >= 0.3 is 0 Å². The predicted molar refractivity (Wildman–Crippen MR) is 106 cm³/mol. The third-order valence-electron chi connectivity index (χ3n) is 3.86. The first-order valence-electron chi connectivity index (χ1n) is 8.33. The summed E-state index contributed by atoms with van der Waals surface area (Å²) in [7, 11) is 0. The van der Waals surface area contributed by atoms with Crippen LogP contribution < -0.4 is 4.90 Å². The minimum Gasteiger partial charge on any atom is -0.288 e. The van der Waals surface area contributed by atoms with Crippen molar-refractivity contribution in [1.82, 2.24) is 4.98 Å². The summed E-state index contributed by atoms with van der Waals surface area (Å²) in [5.41, 5.74) is 0.342. The number of carbonyl (C=O) groups excluding carboxylic acids is 2. The lowest BCUT2D eigenvalue weighted by Gasteiger charge is -2.18. The Kier molecular flexibility index (Phi) is 5.90. The second kappa shape index (κ2) is 8.54. The molecule has 3 aromatic rings. The second-order valence-electron chi connectivity index (χ2n) is 5.87. The van der Waals surface area contributed by atoms with Crippen LogP contribution in [0, 0.1) is 23.0 Å². The molecule has 1 amide bonds. The van der Waals surface area contributed by atoms with Gasteiger partial charge < -0.3 is 0 Å². The molecule has 0 aliphatic rings. The van der Waals surface area contributed by atoms with E-state index in [1.165, 1.54) is 18.4 Å². The Balaban J connectivity index is 1.96. The van der Waals surface area contributed by atoms with E-state index in [9.17, 15) is 23.6 Å². The highest BCUT2D eigenvalue weighted by atomic mass is 32.1. The number of halogens is 2. The molecule has 8 heteroatoms. The van der Waals surface area contributed by atoms with Crippen LogP contribution in [0.5, 0.6) is 0 Å². The molecule has 3 rings (SSSR count). The van der Waals surface area contributed by atoms with Gasteiger partial charge in [0.05, 0.1) is 11.4 Å². The van der Waals surface area contributed by atoms with Crippen LogP contribution in [-0.2, 0) is 4.79 Å². The first-order chi connectivity index (χ1) is 13.9. The molecule has 0 atom stereocenters. The molecular formula is C21H13F2N3O2S. The van der Waals surface area contributed by atoms with Gasteiger partial charge in [0.2, 0.25) is 11.7 Å². The lowest BCUT2D eigenvalue weighted by atomic mass is 10.0. The third-order valence-corrected chi connectivity index (χ3v) is 4.70. The van der Waals surface area contributed by atoms with Crippen LogP contribution >= 0.6 is 11.3 Å². The summed E-state index contributed by atoms with van der Waals surface area (Å²) in [5.74, 6) is -2.67. The maximum atomic E-state index is 14.2. The van der Waals surface area contributed by atoms with Gasteiger partial charge in [0.15, 0.2) is 5.13 Å². The van der Waals surface area contributed by atoms with Gasteiger partial charge in [0, 0.05) is 23.9 Å². The molecule has 0 aliphatic heterocycles. The van der Waals surface area contributed by atoms with E-state index in [0.29, 0.717) is 11.6 Å². The number of hydrogen-bond acceptors (Lipinski definition) is 5. The van der Waals surface area contributed by atoms with Crippen LogP contribution in [0.15, 0.2) is 59.5 Å². The molecular weight excluding hydrogens is 396 g/mol. The van der Waals surface area contributed by atoms with Gasteiger partial charge in [-0.3, -0.25) is 14.5 Å². The van der Waals surface area contributed by atoms with Crippen molar-refractivity contribution in [3.63, 3.8) is 0 Å². The van der Waals surface area contributed by atoms with E-state index in [-0.39, 0.29) is 22.1 Å². The number of hydrogen-bond donors (Lipinski definition) is 0. The van der Waals surface area contributed by atoms with Crippen LogP contribution in [-0.4, -0.2) is 16.7 Å². The fourth-order valence-corrected chi connectivity index (χ4v) is 3.39. The first kappa shape index (κ1) is 20.0. The zero-order valence-corrected chi connectivity index (χ0v) is 15.9. The zero-order chi connectivity index (χ0) is 21.0. The Bertz CT molecular complexity index is 1150. The van der Waals surface area contributed by atoms with Gasteiger partial charge in [-0.25, -0.2) is 13.8 Å². The molecule has 144 valence electrons. The number of Topliss-reactive ketones (excluding diaryl/α,β-unsaturated/α-hetero) is 1. The Hall–Kier alpha value is -3.70. The fourth-order valence-electron chi connectivity index (χ4n) is 2.56. The summed E-state index contributed by atoms with van der Waals surface area (Å²) in [6, 6.07) is 13.0. The van der Waals surface area contributed by atoms with Crippen molar-refractivity contribution in [2.24, 2.45) is 0 Å². The van der Waals surface area contributed by atoms with Gasteiger partial charge in [-0.05, 0) is 18.2 Å². The SMILES string of the molecule is CC(=O)N(c1nc(/C=C(\C#N)C(=O)c2ccccc2)cs1)c1ccc(F)cc1F. The van der Waals surface area contributed by atoms with Crippen molar-refractivity contribution < 1.29 is 18.4 Å². The molecule has 5 nitrogen and oxygen atoms in total. The Labute approximate surface area is 169 Å². The van der Waals surface area contributed by atoms with Gasteiger partial charge in [-0.15, -0.1) is 11.3 Å². The molecule has 0 fully saturated rings. The lowest BCUT2D eigenvalue weighted by molar-refractivity contribution is -0.115. The summed E-state index contributed by atoms with van der Waals surface area (Å²) < 4.78 is 27.3. The monoisotopic (exact) mass is 409 g/mol. The van der Waals surface area contributed by atoms with E-state index in [0.717, 1.165) is 28.4 Å². The average molecular weight is 409 g/mol. The van der Waals surface area contributed by atoms with E-state index in [1.807, 2.05) is 6.07 Å². The summed E-state index contributed by atoms with van der Waals surface area (Å²) >= 11 is 1.02. The molecule has 0 unspecified atom stereocenters. The molecule has 0 bridgehead atoms. The van der Waals surface area contributed by atoms with Crippen LogP contribution in [0.4, 0.5) is 19.6 Å². The van der Waals surface area contributed by atoms with Crippen molar-refractivity contribution >= 4 is 39.9 Å². The van der Waals surface area contributed by atoms with E-state index < -0.39 is 23.3 Å². The third kappa shape index (κ3) is 4.42. The van der Waals surface area contributed by atoms with Crippen molar-refractivity contribution in [1.29, 1.82) is 5.26 Å². The summed E-state index contributed by atoms with van der Waals surface area (Å²) in [6.45, 7) is 1.22. The lowest BCUT2D eigenvalue weighted by Crippen LogP contribution is -2.23. The molecule has 0 saturated heterocycles. The highest BCUT2D eigenvalue weighted by Crippen LogP contribution is 2.31. The van der Waals surface area contributed by atoms with Crippen molar-refractivity contribution in [3.8, 4) is 6.07 Å². The van der Waals surface area contributed by atoms with Crippen molar-refractivity contribution in [2.45, 2.75) is 6.92 Å². The van der Waals surface area contributed by atoms with E-state index >= 15 is 0 Å². The number of benzene rings is 2. The number of thiazole rings is 1. The first-order valence-corrected chi connectivity index (χ1v) is 9.21. The predicted octanol–water partition coefficient (Wildman–Crippen LogP) is 4.90. The van der Waals surface area contributed by atoms with Gasteiger partial charge in [-0.2, -0.15) is 5.26 Å². The molecule has 0 aliphatic carbocycles. The molecule has 0 N–H and O–H groups in total. The fraction of sp³-hybridized carbons (Fsp3) is 0.0476. The molecule has 29 heavy (non-hydrogen) atoms. The molecule has 2 aromatic carbocycles. The van der Waals surface area contributed by atoms with Gasteiger partial charge in [0.25, 0.3) is 0 Å². The van der Waals surface area contributed by atoms with E-state index in [2.05, 4.69) is 4.98 Å². The highest BCUT2D eigenvalue weighted by Gasteiger charge is 2.22. The quantitative estimate of drug-likeness (QED) is 0.341. The number of anilines is 2. The summed E-state index contributed by atoms with van der Waals surface area (Å²) in [5, 5.41) is 11.0. The van der Waals surface area contributed by atoms with Gasteiger partial charge in [-0.1, -0.05) is 30.3 Å². The number of allylic oxidation sites excluding steroid dienone is 1. The number of aromatic nitrogens is 1. The molecule has 1 aromatic heterocycles. The smallest absolute Gasteiger partial charge is 0.230 e. The minimum atomic E-state index is -0.913. The van der Waals surface area contributed by atoms with Gasteiger partial charge in [0.1, 0.15) is 23.3 Å². The van der Waals surface area contributed by atoms with E-state index in [4.69, 9.17) is 0 Å². The number of nitrogens with zero attached hydrogens (tertiary/aromatic N) is 3. The maximum absolute atomic E-state index is 14.2. The topological polar surface area (TPSA) is 74.1 Å². The summed E-state index contributed by atoms with van der Waals surface area (Å²) in [4.78, 5) is 29.8. The summed E-state index contributed by atoms with van der Waals surface area (Å²) in [6.07, 6.45) is 1.30. The average Bonchev–Trinajstić information content (AvgIpc) is 3.16. The van der Waals surface area contributed by atoms with Crippen molar-refractivity contribution in [3.05, 3.63) is 82.4 Å². The Morgan fingerprint density at radius 1 is 1.17 bits per heavy atom. The maximum Gasteiger partial charge on any atom is 0.230 e. The minimum absolute atomic E-state index is 0.124. The highest BCUT2D eigenvalue weighted by molar-refractivity contribution is 7.14. The van der Waals surface area contributed by atoms with Crippen LogP contribution in [0.25, 0.3) is 6.08 Å². The zero-order valence-electron chi connectivity index (χ0n) is 15.1. The Morgan fingerprint density at radius 2 is 1.90 bits per heavy atom. The number of rotatable bonds is 5. The van der Waals surface area contributed by atoms with Crippen LogP contribution in [0.1, 0.15) is 23.0 Å².